The molecule has 2 nitrogen and oxygen atoms in total. The Morgan fingerprint density at radius 2 is 2.44 bits per heavy atom. The number of esters is 1. The van der Waals surface area contributed by atoms with Crippen molar-refractivity contribution in [2.24, 2.45) is 0 Å². The van der Waals surface area contributed by atoms with Crippen molar-refractivity contribution in [3.8, 4) is 0 Å². The topological polar surface area (TPSA) is 26.3 Å². The van der Waals surface area contributed by atoms with Crippen LogP contribution in [0.25, 0.3) is 0 Å². The molecular formula is C7H11O2. The van der Waals surface area contributed by atoms with E-state index in [0.717, 1.165) is 12.8 Å². The predicted octanol–water partition coefficient (Wildman–Crippen LogP) is 1.32. The molecule has 0 unspecified atom stereocenters. The summed E-state index contributed by atoms with van der Waals surface area (Å²) in [5.74, 6) is -0.455. The van der Waals surface area contributed by atoms with Crippen LogP contribution in [0, 0.1) is 6.08 Å². The first-order chi connectivity index (χ1) is 4.31. The molecule has 0 aromatic rings. The molecule has 0 spiro atoms. The Morgan fingerprint density at radius 1 is 1.78 bits per heavy atom. The Labute approximate surface area is 55.5 Å². The molecule has 0 saturated carbocycles. The Hall–Kier alpha value is -0.790. The molecule has 0 aliphatic heterocycles. The van der Waals surface area contributed by atoms with E-state index in [2.05, 4.69) is 17.4 Å². The zero-order valence-corrected chi connectivity index (χ0v) is 5.64. The Morgan fingerprint density at radius 3 is 2.89 bits per heavy atom. The van der Waals surface area contributed by atoms with Crippen molar-refractivity contribution in [2.45, 2.75) is 19.8 Å². The highest BCUT2D eigenvalue weighted by molar-refractivity contribution is 5.76. The molecule has 0 aromatic heterocycles. The number of hydrogen-bond acceptors (Lipinski definition) is 2. The van der Waals surface area contributed by atoms with E-state index in [-0.39, 0.29) is 0 Å². The number of unbranched alkanes of at least 4 members (excludes halogenated alkanes) is 1. The maximum atomic E-state index is 10.3. The molecule has 9 heavy (non-hydrogen) atoms. The van der Waals surface area contributed by atoms with E-state index >= 15 is 0 Å². The average molecular weight is 127 g/mol. The van der Waals surface area contributed by atoms with Crippen molar-refractivity contribution in [3.05, 3.63) is 12.7 Å². The van der Waals surface area contributed by atoms with Gasteiger partial charge in [-0.1, -0.05) is 19.9 Å². The van der Waals surface area contributed by atoms with Gasteiger partial charge in [0.2, 0.25) is 0 Å². The Balaban J connectivity index is 3.07. The van der Waals surface area contributed by atoms with Gasteiger partial charge in [0.15, 0.2) is 0 Å². The minimum atomic E-state index is -0.455. The number of carbonyl (C=O) groups excluding carboxylic acids is 1. The third-order valence-electron chi connectivity index (χ3n) is 0.875. The fourth-order valence-corrected chi connectivity index (χ4v) is 0.360. The van der Waals surface area contributed by atoms with Crippen LogP contribution in [0.5, 0.6) is 0 Å². The molecule has 0 fully saturated rings. The molecule has 2 heteroatoms. The highest BCUT2D eigenvalue weighted by atomic mass is 16.5. The van der Waals surface area contributed by atoms with Gasteiger partial charge in [-0.25, -0.2) is 4.79 Å². The molecule has 0 heterocycles. The summed E-state index contributed by atoms with van der Waals surface area (Å²) >= 11 is 0. The molecular weight excluding hydrogens is 116 g/mol. The standard InChI is InChI=1S/C7H11O2/c1-3-5-6-9-7(8)4-2/h2-3,5-6H2,1H3. The molecule has 0 rings (SSSR count). The van der Waals surface area contributed by atoms with Crippen LogP contribution >= 0.6 is 0 Å². The summed E-state index contributed by atoms with van der Waals surface area (Å²) in [6.45, 7) is 5.66. The van der Waals surface area contributed by atoms with Gasteiger partial charge in [0.05, 0.1) is 12.7 Å². The van der Waals surface area contributed by atoms with Crippen LogP contribution in [0.4, 0.5) is 0 Å². The van der Waals surface area contributed by atoms with Gasteiger partial charge in [0, 0.05) is 0 Å². The van der Waals surface area contributed by atoms with E-state index in [1.807, 2.05) is 6.92 Å². The molecule has 0 aromatic carbocycles. The third kappa shape index (κ3) is 5.07. The van der Waals surface area contributed by atoms with Crippen molar-refractivity contribution in [1.82, 2.24) is 0 Å². The smallest absolute Gasteiger partial charge is 0.338 e. The molecule has 0 N–H and O–H groups in total. The Bertz CT molecular complexity index is 97.1. The molecule has 0 saturated heterocycles. The normalized spacial score (nSPS) is 8.56. The Kier molecular flexibility index (Phi) is 4.88. The first-order valence-electron chi connectivity index (χ1n) is 3.01. The van der Waals surface area contributed by atoms with Crippen LogP contribution in [0.1, 0.15) is 19.8 Å². The minimum Gasteiger partial charge on any atom is -0.462 e. The zero-order chi connectivity index (χ0) is 7.11. The van der Waals surface area contributed by atoms with Gasteiger partial charge in [0.25, 0.3) is 0 Å². The van der Waals surface area contributed by atoms with E-state index in [9.17, 15) is 4.79 Å². The predicted molar refractivity (Wildman–Crippen MR) is 34.7 cm³/mol. The molecule has 0 amide bonds. The van der Waals surface area contributed by atoms with Gasteiger partial charge in [-0.05, 0) is 6.42 Å². The average Bonchev–Trinajstić information content (AvgIpc) is 1.89. The second-order valence-electron chi connectivity index (χ2n) is 1.67. The molecule has 0 bridgehead atoms. The highest BCUT2D eigenvalue weighted by Crippen LogP contribution is 1.87. The second kappa shape index (κ2) is 5.35. The first kappa shape index (κ1) is 8.21. The molecule has 51 valence electrons. The number of hydrogen-bond donors (Lipinski definition) is 0. The molecule has 0 aliphatic carbocycles. The van der Waals surface area contributed by atoms with Gasteiger partial charge >= 0.3 is 5.97 Å². The van der Waals surface area contributed by atoms with Crippen LogP contribution in [-0.4, -0.2) is 12.6 Å². The van der Waals surface area contributed by atoms with Gasteiger partial charge in [-0.15, -0.1) is 0 Å². The lowest BCUT2D eigenvalue weighted by Crippen LogP contribution is -2.01. The van der Waals surface area contributed by atoms with Crippen molar-refractivity contribution in [2.75, 3.05) is 6.61 Å². The summed E-state index contributed by atoms with van der Waals surface area (Å²) in [5.41, 5.74) is 0. The van der Waals surface area contributed by atoms with E-state index in [1.165, 1.54) is 0 Å². The van der Waals surface area contributed by atoms with Gasteiger partial charge in [0.1, 0.15) is 0 Å². The summed E-state index contributed by atoms with van der Waals surface area (Å²) in [6.07, 6.45) is 4.06. The molecule has 0 aliphatic rings. The van der Waals surface area contributed by atoms with Gasteiger partial charge in [-0.2, -0.15) is 0 Å². The van der Waals surface area contributed by atoms with E-state index in [4.69, 9.17) is 0 Å². The van der Waals surface area contributed by atoms with E-state index < -0.39 is 5.97 Å². The van der Waals surface area contributed by atoms with Gasteiger partial charge in [-0.3, -0.25) is 0 Å². The van der Waals surface area contributed by atoms with Crippen LogP contribution in [0.3, 0.4) is 0 Å². The summed E-state index contributed by atoms with van der Waals surface area (Å²) in [6, 6.07) is 0. The monoisotopic (exact) mass is 127 g/mol. The lowest BCUT2D eigenvalue weighted by molar-refractivity contribution is -0.138. The number of carbonyl (C=O) groups is 1. The number of ether oxygens (including phenoxy) is 1. The summed E-state index contributed by atoms with van der Waals surface area (Å²) < 4.78 is 4.62. The maximum absolute atomic E-state index is 10.3. The lowest BCUT2D eigenvalue weighted by Gasteiger charge is -1.96. The second-order valence-corrected chi connectivity index (χ2v) is 1.67. The van der Waals surface area contributed by atoms with Crippen LogP contribution in [-0.2, 0) is 9.53 Å². The van der Waals surface area contributed by atoms with Crippen LogP contribution < -0.4 is 0 Å². The first-order valence-corrected chi connectivity index (χ1v) is 3.01. The van der Waals surface area contributed by atoms with Crippen molar-refractivity contribution in [1.29, 1.82) is 0 Å². The van der Waals surface area contributed by atoms with Crippen molar-refractivity contribution in [3.63, 3.8) is 0 Å². The maximum Gasteiger partial charge on any atom is 0.338 e. The fourth-order valence-electron chi connectivity index (χ4n) is 0.360. The minimum absolute atomic E-state index is 0.455. The summed E-state index contributed by atoms with van der Waals surface area (Å²) in [4.78, 5) is 10.3. The van der Waals surface area contributed by atoms with Crippen LogP contribution in [0.15, 0.2) is 6.58 Å². The summed E-state index contributed by atoms with van der Waals surface area (Å²) in [7, 11) is 0. The molecule has 0 atom stereocenters. The van der Waals surface area contributed by atoms with E-state index in [1.54, 1.807) is 0 Å². The fraction of sp³-hybridized carbons (Fsp3) is 0.571. The largest absolute Gasteiger partial charge is 0.462 e. The number of rotatable bonds is 4. The lowest BCUT2D eigenvalue weighted by atomic mass is 10.4. The van der Waals surface area contributed by atoms with Crippen molar-refractivity contribution < 1.29 is 9.53 Å². The van der Waals surface area contributed by atoms with Crippen molar-refractivity contribution >= 4 is 5.97 Å². The SMILES string of the molecule is C=[C]C(=O)OCCCC. The van der Waals surface area contributed by atoms with Gasteiger partial charge < -0.3 is 4.74 Å². The molecule has 1 radical (unpaired) electrons. The van der Waals surface area contributed by atoms with Crippen LogP contribution in [0.2, 0.25) is 0 Å². The highest BCUT2D eigenvalue weighted by Gasteiger charge is 1.92. The third-order valence-corrected chi connectivity index (χ3v) is 0.875. The zero-order valence-electron chi connectivity index (χ0n) is 5.64. The summed E-state index contributed by atoms with van der Waals surface area (Å²) in [5, 5.41) is 0. The van der Waals surface area contributed by atoms with E-state index in [0.29, 0.717) is 6.61 Å². The quantitative estimate of drug-likeness (QED) is 0.323.